The maximum atomic E-state index is 5.25. The summed E-state index contributed by atoms with van der Waals surface area (Å²) in [4.78, 5) is 0. The maximum absolute atomic E-state index is 5.25. The summed E-state index contributed by atoms with van der Waals surface area (Å²) in [5.41, 5.74) is 1.12. The van der Waals surface area contributed by atoms with Gasteiger partial charge in [-0.05, 0) is 31.7 Å². The number of ether oxygens (including phenoxy) is 2. The Bertz CT molecular complexity index is 396. The average molecular weight is 233 g/mol. The molecule has 0 bridgehead atoms. The second-order valence-corrected chi connectivity index (χ2v) is 3.62. The van der Waals surface area contributed by atoms with Crippen molar-refractivity contribution in [2.45, 2.75) is 19.4 Å². The molecule has 0 amide bonds. The van der Waals surface area contributed by atoms with Gasteiger partial charge in [0.05, 0.1) is 14.2 Å². The molecule has 0 aliphatic carbocycles. The van der Waals surface area contributed by atoms with Crippen LogP contribution >= 0.6 is 0 Å². The van der Waals surface area contributed by atoms with Crippen molar-refractivity contribution in [1.29, 1.82) is 0 Å². The number of hydrogen-bond acceptors (Lipinski definition) is 3. The molecular weight excluding hydrogens is 214 g/mol. The van der Waals surface area contributed by atoms with Gasteiger partial charge in [0.2, 0.25) is 0 Å². The van der Waals surface area contributed by atoms with Crippen LogP contribution in [0, 0.1) is 11.8 Å². The highest BCUT2D eigenvalue weighted by Crippen LogP contribution is 2.27. The van der Waals surface area contributed by atoms with Crippen molar-refractivity contribution in [3.63, 3.8) is 0 Å². The molecule has 17 heavy (non-hydrogen) atoms. The molecule has 1 aromatic carbocycles. The van der Waals surface area contributed by atoms with E-state index >= 15 is 0 Å². The lowest BCUT2D eigenvalue weighted by Gasteiger charge is -2.16. The Balaban J connectivity index is 3.03. The van der Waals surface area contributed by atoms with Crippen LogP contribution in [0.4, 0.5) is 0 Å². The normalized spacial score (nSPS) is 11.3. The Hall–Kier alpha value is -1.66. The molecule has 0 heterocycles. The summed E-state index contributed by atoms with van der Waals surface area (Å²) in [6.45, 7) is 1.85. The second-order valence-electron chi connectivity index (χ2n) is 3.62. The van der Waals surface area contributed by atoms with Gasteiger partial charge in [-0.3, -0.25) is 0 Å². The van der Waals surface area contributed by atoms with Crippen molar-refractivity contribution in [2.24, 2.45) is 0 Å². The molecule has 1 atom stereocenters. The number of nitrogens with one attached hydrogen (secondary N) is 1. The fraction of sp³-hybridized carbons (Fsp3) is 0.429. The SMILES string of the molecule is CC#CCC(NC)c1cc(OC)cc(OC)c1. The van der Waals surface area contributed by atoms with Gasteiger partial charge in [0.1, 0.15) is 11.5 Å². The van der Waals surface area contributed by atoms with E-state index in [0.29, 0.717) is 0 Å². The summed E-state index contributed by atoms with van der Waals surface area (Å²) in [7, 11) is 5.23. The third-order valence-corrected chi connectivity index (χ3v) is 2.61. The number of hydrogen-bond donors (Lipinski definition) is 1. The fourth-order valence-electron chi connectivity index (χ4n) is 1.62. The van der Waals surface area contributed by atoms with Gasteiger partial charge in [-0.1, -0.05) is 0 Å². The molecule has 3 heteroatoms. The zero-order valence-corrected chi connectivity index (χ0v) is 10.8. The van der Waals surface area contributed by atoms with Gasteiger partial charge >= 0.3 is 0 Å². The zero-order valence-electron chi connectivity index (χ0n) is 10.8. The van der Waals surface area contributed by atoms with Gasteiger partial charge in [-0.2, -0.15) is 0 Å². The Morgan fingerprint density at radius 3 is 2.18 bits per heavy atom. The lowest BCUT2D eigenvalue weighted by atomic mass is 10.0. The third kappa shape index (κ3) is 3.69. The van der Waals surface area contributed by atoms with Crippen LogP contribution in [0.5, 0.6) is 11.5 Å². The van der Waals surface area contributed by atoms with Gasteiger partial charge in [0, 0.05) is 18.5 Å². The van der Waals surface area contributed by atoms with E-state index in [4.69, 9.17) is 9.47 Å². The van der Waals surface area contributed by atoms with E-state index in [-0.39, 0.29) is 6.04 Å². The number of rotatable bonds is 5. The van der Waals surface area contributed by atoms with E-state index in [2.05, 4.69) is 17.2 Å². The summed E-state index contributed by atoms with van der Waals surface area (Å²) in [6, 6.07) is 6.05. The average Bonchev–Trinajstić information content (AvgIpc) is 2.39. The van der Waals surface area contributed by atoms with Crippen molar-refractivity contribution in [1.82, 2.24) is 5.32 Å². The molecule has 0 aliphatic rings. The highest BCUT2D eigenvalue weighted by molar-refractivity contribution is 5.40. The summed E-state index contributed by atoms with van der Waals surface area (Å²) in [5.74, 6) is 7.58. The van der Waals surface area contributed by atoms with Gasteiger partial charge in [-0.25, -0.2) is 0 Å². The summed E-state index contributed by atoms with van der Waals surface area (Å²) < 4.78 is 10.5. The first-order valence-corrected chi connectivity index (χ1v) is 5.55. The van der Waals surface area contributed by atoms with Gasteiger partial charge in [0.25, 0.3) is 0 Å². The number of methoxy groups -OCH3 is 2. The van der Waals surface area contributed by atoms with E-state index in [0.717, 1.165) is 23.5 Å². The van der Waals surface area contributed by atoms with Gasteiger partial charge < -0.3 is 14.8 Å². The minimum Gasteiger partial charge on any atom is -0.497 e. The first kappa shape index (κ1) is 13.4. The summed E-state index contributed by atoms with van der Waals surface area (Å²) in [5, 5.41) is 3.24. The van der Waals surface area contributed by atoms with Crippen LogP contribution in [0.3, 0.4) is 0 Å². The molecule has 0 aromatic heterocycles. The van der Waals surface area contributed by atoms with Crippen LogP contribution in [0.1, 0.15) is 24.9 Å². The van der Waals surface area contributed by atoms with Gasteiger partial charge in [-0.15, -0.1) is 11.8 Å². The van der Waals surface area contributed by atoms with Crippen molar-refractivity contribution >= 4 is 0 Å². The van der Waals surface area contributed by atoms with Crippen LogP contribution in [-0.2, 0) is 0 Å². The van der Waals surface area contributed by atoms with E-state index in [1.165, 1.54) is 0 Å². The number of benzene rings is 1. The molecule has 0 radical (unpaired) electrons. The standard InChI is InChI=1S/C14H19NO2/c1-5-6-7-14(15-2)11-8-12(16-3)10-13(9-11)17-4/h8-10,14-15H,7H2,1-4H3. The molecular formula is C14H19NO2. The molecule has 1 N–H and O–H groups in total. The quantitative estimate of drug-likeness (QED) is 0.792. The minimum absolute atomic E-state index is 0.187. The van der Waals surface area contributed by atoms with Crippen molar-refractivity contribution in [3.05, 3.63) is 23.8 Å². The van der Waals surface area contributed by atoms with Crippen molar-refractivity contribution in [3.8, 4) is 23.3 Å². The largest absolute Gasteiger partial charge is 0.497 e. The van der Waals surface area contributed by atoms with Crippen LogP contribution < -0.4 is 14.8 Å². The zero-order chi connectivity index (χ0) is 12.7. The Kier molecular flexibility index (Phi) is 5.38. The molecule has 1 rings (SSSR count). The monoisotopic (exact) mass is 233 g/mol. The van der Waals surface area contributed by atoms with E-state index in [9.17, 15) is 0 Å². The fourth-order valence-corrected chi connectivity index (χ4v) is 1.62. The highest BCUT2D eigenvalue weighted by atomic mass is 16.5. The van der Waals surface area contributed by atoms with E-state index < -0.39 is 0 Å². The lowest BCUT2D eigenvalue weighted by molar-refractivity contribution is 0.392. The first-order chi connectivity index (χ1) is 8.24. The Morgan fingerprint density at radius 1 is 1.18 bits per heavy atom. The molecule has 3 nitrogen and oxygen atoms in total. The minimum atomic E-state index is 0.187. The molecule has 1 aromatic rings. The smallest absolute Gasteiger partial charge is 0.122 e. The molecule has 0 saturated carbocycles. The van der Waals surface area contributed by atoms with Crippen LogP contribution in [0.25, 0.3) is 0 Å². The Morgan fingerprint density at radius 2 is 1.76 bits per heavy atom. The third-order valence-electron chi connectivity index (χ3n) is 2.61. The molecule has 1 unspecified atom stereocenters. The van der Waals surface area contributed by atoms with Crippen molar-refractivity contribution in [2.75, 3.05) is 21.3 Å². The highest BCUT2D eigenvalue weighted by Gasteiger charge is 2.10. The lowest BCUT2D eigenvalue weighted by Crippen LogP contribution is -2.15. The van der Waals surface area contributed by atoms with Crippen molar-refractivity contribution < 1.29 is 9.47 Å². The van der Waals surface area contributed by atoms with E-state index in [1.54, 1.807) is 14.2 Å². The summed E-state index contributed by atoms with van der Waals surface area (Å²) >= 11 is 0. The molecule has 92 valence electrons. The van der Waals surface area contributed by atoms with Crippen LogP contribution in [0.15, 0.2) is 18.2 Å². The second kappa shape index (κ2) is 6.82. The summed E-state index contributed by atoms with van der Waals surface area (Å²) in [6.07, 6.45) is 0.767. The first-order valence-electron chi connectivity index (χ1n) is 5.55. The van der Waals surface area contributed by atoms with E-state index in [1.807, 2.05) is 32.2 Å². The predicted molar refractivity (Wildman–Crippen MR) is 69.4 cm³/mol. The molecule has 0 aliphatic heterocycles. The molecule has 0 spiro atoms. The van der Waals surface area contributed by atoms with Crippen LogP contribution in [-0.4, -0.2) is 21.3 Å². The predicted octanol–water partition coefficient (Wildman–Crippen LogP) is 2.38. The molecule has 0 fully saturated rings. The van der Waals surface area contributed by atoms with Crippen LogP contribution in [0.2, 0.25) is 0 Å². The van der Waals surface area contributed by atoms with Gasteiger partial charge in [0.15, 0.2) is 0 Å². The molecule has 0 saturated heterocycles. The Labute approximate surface area is 103 Å². The topological polar surface area (TPSA) is 30.5 Å². The maximum Gasteiger partial charge on any atom is 0.122 e.